The number of aliphatic carboxylic acids is 1. The molecule has 0 atom stereocenters. The fourth-order valence-corrected chi connectivity index (χ4v) is 3.47. The van der Waals surface area contributed by atoms with Crippen LogP contribution in [0.25, 0.3) is 0 Å². The third-order valence-electron chi connectivity index (χ3n) is 3.47. The van der Waals surface area contributed by atoms with E-state index in [1.807, 2.05) is 0 Å². The zero-order chi connectivity index (χ0) is 17.7. The summed E-state index contributed by atoms with van der Waals surface area (Å²) in [5.41, 5.74) is 0.334. The molecule has 0 unspecified atom stereocenters. The van der Waals surface area contributed by atoms with E-state index in [9.17, 15) is 18.0 Å². The average Bonchev–Trinajstić information content (AvgIpc) is 2.53. The summed E-state index contributed by atoms with van der Waals surface area (Å²) in [4.78, 5) is 24.6. The molecule has 24 heavy (non-hydrogen) atoms. The molecular formula is C15H19NO7S. The van der Waals surface area contributed by atoms with Crippen LogP contribution in [0.2, 0.25) is 0 Å². The SMILES string of the molecule is CCOc1cc(C(=O)N2CCS(=O)(=O)CC2)ccc1OCC(=O)O. The van der Waals surface area contributed by atoms with Crippen LogP contribution in [0, 0.1) is 0 Å². The van der Waals surface area contributed by atoms with Crippen LogP contribution in [0.1, 0.15) is 17.3 Å². The molecule has 1 N–H and O–H groups in total. The molecule has 0 saturated carbocycles. The van der Waals surface area contributed by atoms with Gasteiger partial charge in [-0.25, -0.2) is 13.2 Å². The van der Waals surface area contributed by atoms with Crippen molar-refractivity contribution in [3.05, 3.63) is 23.8 Å². The number of carbonyl (C=O) groups is 2. The number of carboxylic acids is 1. The van der Waals surface area contributed by atoms with E-state index in [0.29, 0.717) is 12.2 Å². The lowest BCUT2D eigenvalue weighted by molar-refractivity contribution is -0.139. The Labute approximate surface area is 139 Å². The quantitative estimate of drug-likeness (QED) is 0.785. The van der Waals surface area contributed by atoms with Crippen molar-refractivity contribution in [3.8, 4) is 11.5 Å². The van der Waals surface area contributed by atoms with Crippen LogP contribution in [-0.4, -0.2) is 68.1 Å². The molecule has 1 amide bonds. The average molecular weight is 357 g/mol. The first-order valence-corrected chi connectivity index (χ1v) is 9.25. The molecule has 9 heteroatoms. The molecule has 8 nitrogen and oxygen atoms in total. The number of amides is 1. The minimum absolute atomic E-state index is 0.0448. The second-order valence-corrected chi connectivity index (χ2v) is 7.52. The first-order valence-electron chi connectivity index (χ1n) is 7.43. The fraction of sp³-hybridized carbons (Fsp3) is 0.467. The van der Waals surface area contributed by atoms with Gasteiger partial charge in [0.05, 0.1) is 18.1 Å². The Kier molecular flexibility index (Phi) is 5.66. The molecule has 0 radical (unpaired) electrons. The highest BCUT2D eigenvalue weighted by atomic mass is 32.2. The van der Waals surface area contributed by atoms with Crippen molar-refractivity contribution in [2.24, 2.45) is 0 Å². The van der Waals surface area contributed by atoms with Crippen LogP contribution in [0.4, 0.5) is 0 Å². The number of nitrogens with zero attached hydrogens (tertiary/aromatic N) is 1. The monoisotopic (exact) mass is 357 g/mol. The summed E-state index contributed by atoms with van der Waals surface area (Å²) in [5, 5.41) is 8.68. The highest BCUT2D eigenvalue weighted by Crippen LogP contribution is 2.29. The Balaban J connectivity index is 2.16. The molecule has 2 rings (SSSR count). The summed E-state index contributed by atoms with van der Waals surface area (Å²) < 4.78 is 33.4. The van der Waals surface area contributed by atoms with Crippen LogP contribution in [0.15, 0.2) is 18.2 Å². The van der Waals surface area contributed by atoms with Crippen molar-refractivity contribution < 1.29 is 32.6 Å². The van der Waals surface area contributed by atoms with Crippen molar-refractivity contribution in [3.63, 3.8) is 0 Å². The van der Waals surface area contributed by atoms with E-state index in [-0.39, 0.29) is 42.0 Å². The summed E-state index contributed by atoms with van der Waals surface area (Å²) in [6.45, 7) is 1.87. The standard InChI is InChI=1S/C15H19NO7S/c1-2-22-13-9-11(3-4-12(13)23-10-14(17)18)15(19)16-5-7-24(20,21)8-6-16/h3-4,9H,2,5-8,10H2,1H3,(H,17,18). The molecule has 0 aliphatic carbocycles. The van der Waals surface area contributed by atoms with Crippen LogP contribution in [-0.2, 0) is 14.6 Å². The van der Waals surface area contributed by atoms with Gasteiger partial charge in [0.2, 0.25) is 0 Å². The minimum Gasteiger partial charge on any atom is -0.490 e. The first-order chi connectivity index (χ1) is 11.3. The molecule has 0 bridgehead atoms. The highest BCUT2D eigenvalue weighted by molar-refractivity contribution is 7.91. The lowest BCUT2D eigenvalue weighted by atomic mass is 10.1. The third-order valence-corrected chi connectivity index (χ3v) is 5.08. The van der Waals surface area contributed by atoms with Gasteiger partial charge in [0, 0.05) is 18.7 Å². The summed E-state index contributed by atoms with van der Waals surface area (Å²) in [7, 11) is -3.06. The number of ether oxygens (including phenoxy) is 2. The predicted molar refractivity (Wildman–Crippen MR) is 85.3 cm³/mol. The molecule has 132 valence electrons. The van der Waals surface area contributed by atoms with Gasteiger partial charge in [0.1, 0.15) is 0 Å². The summed E-state index contributed by atoms with van der Waals surface area (Å²) >= 11 is 0. The minimum atomic E-state index is -3.06. The number of carbonyl (C=O) groups excluding carboxylic acids is 1. The van der Waals surface area contributed by atoms with Gasteiger partial charge in [0.15, 0.2) is 27.9 Å². The van der Waals surface area contributed by atoms with Gasteiger partial charge in [-0.3, -0.25) is 4.79 Å². The Morgan fingerprint density at radius 2 is 1.83 bits per heavy atom. The van der Waals surface area contributed by atoms with E-state index in [1.165, 1.54) is 23.1 Å². The van der Waals surface area contributed by atoms with Gasteiger partial charge >= 0.3 is 5.97 Å². The number of carboxylic acid groups (broad SMARTS) is 1. The van der Waals surface area contributed by atoms with Gasteiger partial charge in [-0.05, 0) is 25.1 Å². The van der Waals surface area contributed by atoms with Gasteiger partial charge in [-0.2, -0.15) is 0 Å². The molecule has 1 aromatic carbocycles. The van der Waals surface area contributed by atoms with Crippen LogP contribution in [0.5, 0.6) is 11.5 Å². The number of hydrogen-bond donors (Lipinski definition) is 1. The molecule has 0 spiro atoms. The van der Waals surface area contributed by atoms with E-state index in [0.717, 1.165) is 0 Å². The smallest absolute Gasteiger partial charge is 0.341 e. The highest BCUT2D eigenvalue weighted by Gasteiger charge is 2.26. The molecule has 1 aliphatic heterocycles. The van der Waals surface area contributed by atoms with E-state index in [1.54, 1.807) is 6.92 Å². The maximum absolute atomic E-state index is 12.5. The molecule has 1 fully saturated rings. The molecular weight excluding hydrogens is 338 g/mol. The molecule has 1 aliphatic rings. The lowest BCUT2D eigenvalue weighted by Crippen LogP contribution is -2.43. The zero-order valence-electron chi connectivity index (χ0n) is 13.2. The van der Waals surface area contributed by atoms with Gasteiger partial charge in [0.25, 0.3) is 5.91 Å². The van der Waals surface area contributed by atoms with Crippen LogP contribution in [0.3, 0.4) is 0 Å². The van der Waals surface area contributed by atoms with Crippen molar-refractivity contribution in [1.82, 2.24) is 4.90 Å². The Hall–Kier alpha value is -2.29. The summed E-state index contributed by atoms with van der Waals surface area (Å²) in [6, 6.07) is 4.46. The third kappa shape index (κ3) is 4.60. The summed E-state index contributed by atoms with van der Waals surface area (Å²) in [5.74, 6) is -0.998. The van der Waals surface area contributed by atoms with Gasteiger partial charge in [-0.15, -0.1) is 0 Å². The van der Waals surface area contributed by atoms with Gasteiger partial charge in [-0.1, -0.05) is 0 Å². The molecule has 1 saturated heterocycles. The van der Waals surface area contributed by atoms with Crippen molar-refractivity contribution in [2.75, 3.05) is 37.8 Å². The van der Waals surface area contributed by atoms with Crippen molar-refractivity contribution in [2.45, 2.75) is 6.92 Å². The van der Waals surface area contributed by atoms with Crippen LogP contribution >= 0.6 is 0 Å². The molecule has 1 aromatic rings. The number of hydrogen-bond acceptors (Lipinski definition) is 6. The van der Waals surface area contributed by atoms with Crippen molar-refractivity contribution >= 4 is 21.7 Å². The molecule has 0 aromatic heterocycles. The van der Waals surface area contributed by atoms with Crippen LogP contribution < -0.4 is 9.47 Å². The number of sulfone groups is 1. The predicted octanol–water partition coefficient (Wildman–Crippen LogP) is 0.419. The first kappa shape index (κ1) is 18.1. The maximum atomic E-state index is 12.5. The topological polar surface area (TPSA) is 110 Å². The van der Waals surface area contributed by atoms with E-state index >= 15 is 0 Å². The zero-order valence-corrected chi connectivity index (χ0v) is 14.0. The fourth-order valence-electron chi connectivity index (χ4n) is 2.27. The van der Waals surface area contributed by atoms with E-state index in [2.05, 4.69) is 0 Å². The Morgan fingerprint density at radius 3 is 2.42 bits per heavy atom. The Morgan fingerprint density at radius 1 is 1.17 bits per heavy atom. The normalized spacial score (nSPS) is 16.5. The number of benzene rings is 1. The van der Waals surface area contributed by atoms with Crippen molar-refractivity contribution in [1.29, 1.82) is 0 Å². The number of rotatable bonds is 6. The summed E-state index contributed by atoms with van der Waals surface area (Å²) in [6.07, 6.45) is 0. The van der Waals surface area contributed by atoms with Gasteiger partial charge < -0.3 is 19.5 Å². The van der Waals surface area contributed by atoms with E-state index < -0.39 is 22.4 Å². The second-order valence-electron chi connectivity index (χ2n) is 5.22. The lowest BCUT2D eigenvalue weighted by Gasteiger charge is -2.27. The van der Waals surface area contributed by atoms with E-state index in [4.69, 9.17) is 14.6 Å². The molecule has 1 heterocycles. The largest absolute Gasteiger partial charge is 0.490 e. The Bertz CT molecular complexity index is 715. The maximum Gasteiger partial charge on any atom is 0.341 e. The second kappa shape index (κ2) is 7.52.